The van der Waals surface area contributed by atoms with E-state index in [4.69, 9.17) is 4.74 Å². The fraction of sp³-hybridized carbons (Fsp3) is 0.429. The van der Waals surface area contributed by atoms with Gasteiger partial charge in [0.2, 0.25) is 0 Å². The molecule has 0 spiro atoms. The molecule has 0 bridgehead atoms. The summed E-state index contributed by atoms with van der Waals surface area (Å²) in [6, 6.07) is 6.29. The van der Waals surface area contributed by atoms with Crippen molar-refractivity contribution in [2.24, 2.45) is 0 Å². The van der Waals surface area contributed by atoms with Crippen LogP contribution in [-0.4, -0.2) is 7.11 Å². The average Bonchev–Trinajstić information content (AvgIpc) is 2.16. The second-order valence-electron chi connectivity index (χ2n) is 4.68. The second-order valence-corrected chi connectivity index (χ2v) is 4.68. The summed E-state index contributed by atoms with van der Waals surface area (Å²) in [6.07, 6.45) is 4.11. The average molecular weight is 204 g/mol. The van der Waals surface area contributed by atoms with Gasteiger partial charge in [-0.2, -0.15) is 0 Å². The number of hydrogen-bond donors (Lipinski definition) is 0. The number of hydrogen-bond acceptors (Lipinski definition) is 1. The van der Waals surface area contributed by atoms with Crippen LogP contribution in [0.5, 0.6) is 5.75 Å². The van der Waals surface area contributed by atoms with Crippen molar-refractivity contribution in [1.29, 1.82) is 0 Å². The van der Waals surface area contributed by atoms with Gasteiger partial charge in [0.05, 0.1) is 7.11 Å². The zero-order valence-corrected chi connectivity index (χ0v) is 10.3. The van der Waals surface area contributed by atoms with Crippen LogP contribution in [0.25, 0.3) is 6.08 Å². The maximum atomic E-state index is 5.50. The molecule has 1 aromatic carbocycles. The number of rotatable bonds is 2. The first-order valence-electron chi connectivity index (χ1n) is 5.31. The Balaban J connectivity index is 3.35. The second kappa shape index (κ2) is 4.52. The minimum atomic E-state index is 0.114. The van der Waals surface area contributed by atoms with Gasteiger partial charge in [0.1, 0.15) is 5.75 Å². The van der Waals surface area contributed by atoms with Gasteiger partial charge in [0.15, 0.2) is 0 Å². The van der Waals surface area contributed by atoms with Crippen molar-refractivity contribution in [3.05, 3.63) is 35.4 Å². The summed E-state index contributed by atoms with van der Waals surface area (Å²) in [5, 5.41) is 0. The van der Waals surface area contributed by atoms with Crippen LogP contribution in [0.2, 0.25) is 0 Å². The lowest BCUT2D eigenvalue weighted by atomic mass is 9.85. The third-order valence-electron chi connectivity index (χ3n) is 2.40. The zero-order chi connectivity index (χ0) is 11.5. The van der Waals surface area contributed by atoms with Gasteiger partial charge in [0.25, 0.3) is 0 Å². The molecule has 0 amide bonds. The summed E-state index contributed by atoms with van der Waals surface area (Å²) >= 11 is 0. The van der Waals surface area contributed by atoms with Crippen molar-refractivity contribution in [3.63, 3.8) is 0 Å². The van der Waals surface area contributed by atoms with Crippen LogP contribution >= 0.6 is 0 Å². The summed E-state index contributed by atoms with van der Waals surface area (Å²) in [7, 11) is 1.73. The standard InChI is InChI=1S/C14H20O/c1-6-8-11-9-7-10-12(13(11)15-5)14(2,3)4/h6-10H,1-5H3. The van der Waals surface area contributed by atoms with Crippen molar-refractivity contribution in [3.8, 4) is 5.75 Å². The predicted octanol–water partition coefficient (Wildman–Crippen LogP) is 4.03. The molecule has 0 N–H and O–H groups in total. The minimum Gasteiger partial charge on any atom is -0.496 e. The first-order chi connectivity index (χ1) is 7.00. The molecule has 1 nitrogen and oxygen atoms in total. The zero-order valence-electron chi connectivity index (χ0n) is 10.3. The molecule has 0 aliphatic heterocycles. The largest absolute Gasteiger partial charge is 0.496 e. The summed E-state index contributed by atoms with van der Waals surface area (Å²) in [5.74, 6) is 0.989. The Morgan fingerprint density at radius 3 is 2.33 bits per heavy atom. The molecular formula is C14H20O. The van der Waals surface area contributed by atoms with Crippen molar-refractivity contribution in [2.45, 2.75) is 33.1 Å². The molecule has 82 valence electrons. The van der Waals surface area contributed by atoms with E-state index in [1.54, 1.807) is 7.11 Å². The van der Waals surface area contributed by atoms with Gasteiger partial charge in [-0.05, 0) is 12.3 Å². The van der Waals surface area contributed by atoms with Crippen LogP contribution in [0.3, 0.4) is 0 Å². The van der Waals surface area contributed by atoms with Gasteiger partial charge >= 0.3 is 0 Å². The first-order valence-corrected chi connectivity index (χ1v) is 5.31. The van der Waals surface area contributed by atoms with E-state index >= 15 is 0 Å². The molecule has 0 aliphatic carbocycles. The van der Waals surface area contributed by atoms with E-state index in [0.29, 0.717) is 0 Å². The van der Waals surface area contributed by atoms with E-state index in [1.807, 2.05) is 13.0 Å². The summed E-state index contributed by atoms with van der Waals surface area (Å²) < 4.78 is 5.50. The van der Waals surface area contributed by atoms with Crippen LogP contribution in [0.15, 0.2) is 24.3 Å². The fourth-order valence-electron chi connectivity index (χ4n) is 1.68. The quantitative estimate of drug-likeness (QED) is 0.706. The van der Waals surface area contributed by atoms with E-state index in [2.05, 4.69) is 45.0 Å². The Hall–Kier alpha value is -1.24. The maximum absolute atomic E-state index is 5.50. The summed E-state index contributed by atoms with van der Waals surface area (Å²) in [6.45, 7) is 8.61. The number of ether oxygens (including phenoxy) is 1. The number of allylic oxidation sites excluding steroid dienone is 1. The van der Waals surface area contributed by atoms with Crippen molar-refractivity contribution in [1.82, 2.24) is 0 Å². The predicted molar refractivity (Wildman–Crippen MR) is 66.4 cm³/mol. The molecule has 0 aliphatic rings. The van der Waals surface area contributed by atoms with Crippen molar-refractivity contribution < 1.29 is 4.74 Å². The first kappa shape index (κ1) is 11.8. The molecule has 0 heterocycles. The molecule has 1 heteroatoms. The van der Waals surface area contributed by atoms with Crippen LogP contribution in [-0.2, 0) is 5.41 Å². The SMILES string of the molecule is CC=Cc1cccc(C(C)(C)C)c1OC. The highest BCUT2D eigenvalue weighted by Gasteiger charge is 2.19. The van der Waals surface area contributed by atoms with Crippen molar-refractivity contribution >= 4 is 6.08 Å². The lowest BCUT2D eigenvalue weighted by Gasteiger charge is -2.23. The molecule has 0 atom stereocenters. The molecular weight excluding hydrogens is 184 g/mol. The molecule has 1 rings (SSSR count). The third-order valence-corrected chi connectivity index (χ3v) is 2.40. The third kappa shape index (κ3) is 2.62. The van der Waals surface area contributed by atoms with Gasteiger partial charge in [-0.25, -0.2) is 0 Å². The molecule has 0 fully saturated rings. The Kier molecular flexibility index (Phi) is 3.57. The highest BCUT2D eigenvalue weighted by Crippen LogP contribution is 2.34. The van der Waals surface area contributed by atoms with Crippen LogP contribution in [0.4, 0.5) is 0 Å². The summed E-state index contributed by atoms with van der Waals surface area (Å²) in [4.78, 5) is 0. The Morgan fingerprint density at radius 2 is 1.87 bits per heavy atom. The van der Waals surface area contributed by atoms with E-state index in [0.717, 1.165) is 11.3 Å². The monoisotopic (exact) mass is 204 g/mol. The van der Waals surface area contributed by atoms with Crippen molar-refractivity contribution in [2.75, 3.05) is 7.11 Å². The highest BCUT2D eigenvalue weighted by molar-refractivity contribution is 5.60. The van der Waals surface area contributed by atoms with Gasteiger partial charge in [-0.3, -0.25) is 0 Å². The highest BCUT2D eigenvalue weighted by atomic mass is 16.5. The van der Waals surface area contributed by atoms with Gasteiger partial charge in [-0.1, -0.05) is 51.1 Å². The van der Waals surface area contributed by atoms with Gasteiger partial charge < -0.3 is 4.74 Å². The number of methoxy groups -OCH3 is 1. The van der Waals surface area contributed by atoms with Gasteiger partial charge in [0, 0.05) is 11.1 Å². The maximum Gasteiger partial charge on any atom is 0.129 e. The lowest BCUT2D eigenvalue weighted by Crippen LogP contribution is -2.13. The fourth-order valence-corrected chi connectivity index (χ4v) is 1.68. The van der Waals surface area contributed by atoms with E-state index < -0.39 is 0 Å². The molecule has 1 aromatic rings. The Morgan fingerprint density at radius 1 is 1.20 bits per heavy atom. The van der Waals surface area contributed by atoms with Crippen LogP contribution in [0, 0.1) is 0 Å². The van der Waals surface area contributed by atoms with Crippen LogP contribution in [0.1, 0.15) is 38.8 Å². The molecule has 0 saturated carbocycles. The van der Waals surface area contributed by atoms with Gasteiger partial charge in [-0.15, -0.1) is 0 Å². The minimum absolute atomic E-state index is 0.114. The Bertz CT molecular complexity index is 356. The smallest absolute Gasteiger partial charge is 0.129 e. The Labute approximate surface area is 92.8 Å². The topological polar surface area (TPSA) is 9.23 Å². The van der Waals surface area contributed by atoms with E-state index in [9.17, 15) is 0 Å². The molecule has 15 heavy (non-hydrogen) atoms. The van der Waals surface area contributed by atoms with E-state index in [-0.39, 0.29) is 5.41 Å². The van der Waals surface area contributed by atoms with Crippen LogP contribution < -0.4 is 4.74 Å². The number of benzene rings is 1. The van der Waals surface area contributed by atoms with E-state index in [1.165, 1.54) is 5.56 Å². The molecule has 0 aromatic heterocycles. The molecule has 0 unspecified atom stereocenters. The number of para-hydroxylation sites is 1. The summed E-state index contributed by atoms with van der Waals surface area (Å²) in [5.41, 5.74) is 2.51. The molecule has 0 radical (unpaired) electrons. The normalized spacial score (nSPS) is 12.1. The molecule has 0 saturated heterocycles. The lowest BCUT2D eigenvalue weighted by molar-refractivity contribution is 0.396.